The van der Waals surface area contributed by atoms with E-state index in [1.807, 2.05) is 0 Å². The van der Waals surface area contributed by atoms with Crippen molar-refractivity contribution in [2.45, 2.75) is 104 Å². The van der Waals surface area contributed by atoms with Crippen LogP contribution in [0, 0.1) is 46.3 Å². The van der Waals surface area contributed by atoms with E-state index in [2.05, 4.69) is 27.7 Å². The average Bonchev–Trinajstić information content (AvgIpc) is 2.96. The Morgan fingerprint density at radius 2 is 1.78 bits per heavy atom. The number of nitrogens with two attached hydrogens (primary N) is 1. The first-order valence-corrected chi connectivity index (χ1v) is 11.8. The van der Waals surface area contributed by atoms with Crippen LogP contribution in [0.1, 0.15) is 85.5 Å². The Morgan fingerprint density at radius 1 is 1.04 bits per heavy atom. The Labute approximate surface area is 166 Å². The number of fused-ring (bicyclic) bond motifs is 5. The summed E-state index contributed by atoms with van der Waals surface area (Å²) >= 11 is 0. The van der Waals surface area contributed by atoms with E-state index < -0.39 is 0 Å². The second-order valence-corrected chi connectivity index (χ2v) is 11.4. The quantitative estimate of drug-likeness (QED) is 0.685. The first-order chi connectivity index (χ1) is 12.7. The molecule has 156 valence electrons. The molecule has 0 radical (unpaired) electrons. The summed E-state index contributed by atoms with van der Waals surface area (Å²) in [6, 6.07) is 0.302. The number of hydrogen-bond donors (Lipinski definition) is 3. The van der Waals surface area contributed by atoms with E-state index in [9.17, 15) is 10.2 Å². The van der Waals surface area contributed by atoms with Crippen molar-refractivity contribution >= 4 is 0 Å². The molecule has 4 fully saturated rings. The highest BCUT2D eigenvalue weighted by Crippen LogP contribution is 2.68. The average molecular weight is 378 g/mol. The van der Waals surface area contributed by atoms with E-state index in [-0.39, 0.29) is 23.0 Å². The highest BCUT2D eigenvalue weighted by Gasteiger charge is 2.65. The highest BCUT2D eigenvalue weighted by molar-refractivity contribution is 5.14. The Kier molecular flexibility index (Phi) is 5.22. The minimum atomic E-state index is -0.214. The summed E-state index contributed by atoms with van der Waals surface area (Å²) in [5, 5.41) is 22.8. The van der Waals surface area contributed by atoms with Crippen molar-refractivity contribution in [3.05, 3.63) is 0 Å². The zero-order chi connectivity index (χ0) is 19.6. The van der Waals surface area contributed by atoms with Gasteiger partial charge in [0.15, 0.2) is 0 Å². The first kappa shape index (κ1) is 20.2. The van der Waals surface area contributed by atoms with Gasteiger partial charge in [-0.15, -0.1) is 0 Å². The number of aliphatic hydroxyl groups excluding tert-OH is 2. The van der Waals surface area contributed by atoms with Crippen LogP contribution in [0.5, 0.6) is 0 Å². The summed E-state index contributed by atoms with van der Waals surface area (Å²) < 4.78 is 0. The van der Waals surface area contributed by atoms with Crippen molar-refractivity contribution in [3.8, 4) is 0 Å². The zero-order valence-corrected chi connectivity index (χ0v) is 18.0. The summed E-state index contributed by atoms with van der Waals surface area (Å²) in [4.78, 5) is 0. The van der Waals surface area contributed by atoms with Crippen LogP contribution in [0.4, 0.5) is 0 Å². The Balaban J connectivity index is 1.66. The van der Waals surface area contributed by atoms with Crippen LogP contribution < -0.4 is 5.73 Å². The third kappa shape index (κ3) is 2.86. The van der Waals surface area contributed by atoms with E-state index >= 15 is 0 Å². The molecule has 4 N–H and O–H groups in total. The molecule has 4 aliphatic rings. The molecule has 0 aliphatic heterocycles. The number of aliphatic hydroxyl groups is 2. The van der Waals surface area contributed by atoms with Gasteiger partial charge in [0.2, 0.25) is 0 Å². The van der Waals surface area contributed by atoms with Crippen molar-refractivity contribution in [3.63, 3.8) is 0 Å². The standard InChI is InChI=1S/C24H43NO2/c1-5-6-14(2)17-7-8-18-22-19(13-21(27)24(17,18)4)23(3)10-9-16(25)11-15(23)12-20(22)26/h14-22,26-27H,5-13,25H2,1-4H3. The van der Waals surface area contributed by atoms with Gasteiger partial charge in [-0.2, -0.15) is 0 Å². The molecule has 0 aromatic rings. The Hall–Kier alpha value is -0.120. The summed E-state index contributed by atoms with van der Waals surface area (Å²) in [5.41, 5.74) is 6.55. The zero-order valence-electron chi connectivity index (χ0n) is 18.0. The summed E-state index contributed by atoms with van der Waals surface area (Å²) in [5.74, 6) is 3.15. The van der Waals surface area contributed by atoms with Gasteiger partial charge in [0.05, 0.1) is 12.2 Å². The molecule has 11 unspecified atom stereocenters. The van der Waals surface area contributed by atoms with E-state index in [1.165, 1.54) is 32.1 Å². The molecule has 0 aromatic heterocycles. The van der Waals surface area contributed by atoms with E-state index in [0.29, 0.717) is 41.5 Å². The van der Waals surface area contributed by atoms with E-state index in [0.717, 1.165) is 25.7 Å². The second-order valence-electron chi connectivity index (χ2n) is 11.4. The van der Waals surface area contributed by atoms with Crippen molar-refractivity contribution in [1.29, 1.82) is 0 Å². The number of rotatable bonds is 3. The van der Waals surface area contributed by atoms with Gasteiger partial charge in [-0.05, 0) is 91.3 Å². The monoisotopic (exact) mass is 377 g/mol. The molecular weight excluding hydrogens is 334 g/mol. The summed E-state index contributed by atoms with van der Waals surface area (Å²) in [7, 11) is 0. The maximum Gasteiger partial charge on any atom is 0.0602 e. The molecule has 11 atom stereocenters. The van der Waals surface area contributed by atoms with E-state index in [4.69, 9.17) is 5.73 Å². The van der Waals surface area contributed by atoms with Crippen LogP contribution in [-0.2, 0) is 0 Å². The van der Waals surface area contributed by atoms with Crippen LogP contribution in [0.3, 0.4) is 0 Å². The van der Waals surface area contributed by atoms with Crippen molar-refractivity contribution in [1.82, 2.24) is 0 Å². The molecule has 3 heteroatoms. The van der Waals surface area contributed by atoms with Crippen molar-refractivity contribution in [2.24, 2.45) is 52.1 Å². The molecular formula is C24H43NO2. The van der Waals surface area contributed by atoms with Crippen molar-refractivity contribution < 1.29 is 10.2 Å². The fraction of sp³-hybridized carbons (Fsp3) is 1.00. The molecule has 0 aromatic carbocycles. The van der Waals surface area contributed by atoms with Crippen LogP contribution in [0.25, 0.3) is 0 Å². The molecule has 4 rings (SSSR count). The molecule has 4 saturated carbocycles. The first-order valence-electron chi connectivity index (χ1n) is 11.8. The molecule has 4 aliphatic carbocycles. The van der Waals surface area contributed by atoms with Crippen LogP contribution >= 0.6 is 0 Å². The normalized spacial score (nSPS) is 56.1. The molecule has 0 saturated heterocycles. The maximum absolute atomic E-state index is 11.5. The van der Waals surface area contributed by atoms with Crippen LogP contribution in [-0.4, -0.2) is 28.5 Å². The van der Waals surface area contributed by atoms with Gasteiger partial charge in [0.1, 0.15) is 0 Å². The van der Waals surface area contributed by atoms with Gasteiger partial charge in [-0.1, -0.05) is 40.5 Å². The lowest BCUT2D eigenvalue weighted by Gasteiger charge is -2.63. The number of hydrogen-bond acceptors (Lipinski definition) is 3. The van der Waals surface area contributed by atoms with Gasteiger partial charge in [-0.3, -0.25) is 0 Å². The third-order valence-electron chi connectivity index (χ3n) is 10.3. The smallest absolute Gasteiger partial charge is 0.0602 e. The minimum absolute atomic E-state index is 0.00893. The van der Waals surface area contributed by atoms with Gasteiger partial charge >= 0.3 is 0 Å². The van der Waals surface area contributed by atoms with Crippen molar-refractivity contribution in [2.75, 3.05) is 0 Å². The van der Waals surface area contributed by atoms with Gasteiger partial charge in [0.25, 0.3) is 0 Å². The van der Waals surface area contributed by atoms with E-state index in [1.54, 1.807) is 0 Å². The van der Waals surface area contributed by atoms with Crippen LogP contribution in [0.15, 0.2) is 0 Å². The lowest BCUT2D eigenvalue weighted by molar-refractivity contribution is -0.202. The van der Waals surface area contributed by atoms with Gasteiger partial charge < -0.3 is 15.9 Å². The molecule has 27 heavy (non-hydrogen) atoms. The molecule has 0 spiro atoms. The lowest BCUT2D eigenvalue weighted by atomic mass is 9.43. The fourth-order valence-corrected chi connectivity index (χ4v) is 8.84. The molecule has 3 nitrogen and oxygen atoms in total. The summed E-state index contributed by atoms with van der Waals surface area (Å²) in [6.45, 7) is 9.52. The predicted molar refractivity (Wildman–Crippen MR) is 110 cm³/mol. The topological polar surface area (TPSA) is 66.5 Å². The second kappa shape index (κ2) is 6.99. The minimum Gasteiger partial charge on any atom is -0.393 e. The van der Waals surface area contributed by atoms with Gasteiger partial charge in [-0.25, -0.2) is 0 Å². The fourth-order valence-electron chi connectivity index (χ4n) is 8.84. The van der Waals surface area contributed by atoms with Crippen LogP contribution in [0.2, 0.25) is 0 Å². The maximum atomic E-state index is 11.5. The Morgan fingerprint density at radius 3 is 2.48 bits per heavy atom. The highest BCUT2D eigenvalue weighted by atomic mass is 16.3. The van der Waals surface area contributed by atoms with Gasteiger partial charge in [0, 0.05) is 6.04 Å². The molecule has 0 bridgehead atoms. The Bertz CT molecular complexity index is 552. The molecule has 0 heterocycles. The lowest BCUT2D eigenvalue weighted by Crippen LogP contribution is -2.62. The molecule has 0 amide bonds. The summed E-state index contributed by atoms with van der Waals surface area (Å²) in [6.07, 6.45) is 9.69. The third-order valence-corrected chi connectivity index (χ3v) is 10.3. The SMILES string of the molecule is CCCC(C)C1CCC2C3C(O)CC4CC(N)CCC4(C)C3CC(O)C12C. The predicted octanol–water partition coefficient (Wildman–Crippen LogP) is 4.35. The largest absolute Gasteiger partial charge is 0.393 e.